The predicted molar refractivity (Wildman–Crippen MR) is 247 cm³/mol. The van der Waals surface area contributed by atoms with Crippen molar-refractivity contribution in [3.8, 4) is 23.3 Å². The smallest absolute Gasteiger partial charge is 0.320 e. The molecular formula is C51H64N6O9. The van der Waals surface area contributed by atoms with Crippen LogP contribution in [0.3, 0.4) is 0 Å². The number of fused-ring (bicyclic) bond motifs is 3. The second-order valence-electron chi connectivity index (χ2n) is 20.2. The first kappa shape index (κ1) is 46.8. The summed E-state index contributed by atoms with van der Waals surface area (Å²) in [6, 6.07) is 2.32. The van der Waals surface area contributed by atoms with Crippen LogP contribution in [0.25, 0.3) is 11.8 Å². The van der Waals surface area contributed by atoms with Gasteiger partial charge in [-0.1, -0.05) is 29.4 Å². The van der Waals surface area contributed by atoms with E-state index in [4.69, 9.17) is 24.7 Å². The Kier molecular flexibility index (Phi) is 12.2. The van der Waals surface area contributed by atoms with Crippen LogP contribution in [-0.2, 0) is 30.3 Å². The fourth-order valence-corrected chi connectivity index (χ4v) is 11.4. The van der Waals surface area contributed by atoms with Crippen molar-refractivity contribution >= 4 is 35.3 Å². The number of nitrogens with two attached hydrogens (primary N) is 1. The number of hydrogen-bond donors (Lipinski definition) is 4. The number of allylic oxidation sites excluding steroid dienone is 5. The van der Waals surface area contributed by atoms with Gasteiger partial charge in [0.15, 0.2) is 22.7 Å². The molecule has 4 bridgehead atoms. The number of piperazine rings is 1. The van der Waals surface area contributed by atoms with Gasteiger partial charge in [0.2, 0.25) is 11.8 Å². The number of likely N-dealkylation sites (N-methyl/N-ethyl adjacent to an activating group) is 1. The molecule has 0 aromatic heterocycles. The molecule has 15 heteroatoms. The maximum atomic E-state index is 15.5. The first-order chi connectivity index (χ1) is 31.2. The lowest BCUT2D eigenvalue weighted by Crippen LogP contribution is -2.75. The summed E-state index contributed by atoms with van der Waals surface area (Å²) < 4.78 is 28.5. The van der Waals surface area contributed by atoms with Crippen molar-refractivity contribution in [3.05, 3.63) is 74.7 Å². The first-order valence-electron chi connectivity index (χ1n) is 23.2. The van der Waals surface area contributed by atoms with Crippen molar-refractivity contribution in [1.82, 2.24) is 20.4 Å². The van der Waals surface area contributed by atoms with Gasteiger partial charge in [-0.3, -0.25) is 19.2 Å². The number of ether oxygens (including phenoxy) is 4. The topological polar surface area (TPSA) is 206 Å². The van der Waals surface area contributed by atoms with Crippen molar-refractivity contribution in [3.63, 3.8) is 0 Å². The van der Waals surface area contributed by atoms with E-state index in [1.54, 1.807) is 17.9 Å². The van der Waals surface area contributed by atoms with Crippen LogP contribution >= 0.6 is 0 Å². The number of amides is 2. The van der Waals surface area contributed by atoms with Gasteiger partial charge in [0.05, 0.1) is 40.7 Å². The lowest BCUT2D eigenvalue weighted by atomic mass is 9.45. The number of Topliss-reactive ketones (excluding diaryl/α,β-unsaturated/α-hetero) is 1. The summed E-state index contributed by atoms with van der Waals surface area (Å²) in [5.41, 5.74) is 7.06. The predicted octanol–water partition coefficient (Wildman–Crippen LogP) is 5.14. The third kappa shape index (κ3) is 7.55. The minimum Gasteiger partial charge on any atom is -0.482 e. The Morgan fingerprint density at radius 1 is 1.05 bits per heavy atom. The van der Waals surface area contributed by atoms with Crippen molar-refractivity contribution in [2.75, 3.05) is 46.4 Å². The second-order valence-corrected chi connectivity index (χ2v) is 20.2. The fraction of sp³-hybridized carbons (Fsp3) is 0.549. The zero-order valence-corrected chi connectivity index (χ0v) is 39.7. The molecule has 2 amide bonds. The van der Waals surface area contributed by atoms with E-state index in [0.29, 0.717) is 90.5 Å². The number of esters is 1. The number of benzene rings is 1. The molecule has 3 aliphatic carbocycles. The van der Waals surface area contributed by atoms with Gasteiger partial charge in [0, 0.05) is 73.6 Å². The molecule has 3 saturated carbocycles. The summed E-state index contributed by atoms with van der Waals surface area (Å²) in [5.74, 6) is -2.89. The standard InChI is InChI=1S/C51H64N6O9/c1-28(2)11-10-16-49(8)17-15-32-42(64-49)31(13-12-29(3)4)44-39(43(32)63-37(60)26-36(59)57-22-20-56(9)21-23-57)41-40-38(34(27-52)46(53)55-41)33-25-35-48(6,7)66-50(45(33)61,51(35,40)65-44)18-14-30(5)47(62)54-19-24-58/h11-12,14-15,17,33,35,38,55,58H,10,13,16,18-26,53H2,1-9H3,(H,54,62)/b30-14-. The largest absolute Gasteiger partial charge is 0.482 e. The molecule has 5 N–H and O–H groups in total. The van der Waals surface area contributed by atoms with E-state index >= 15 is 4.79 Å². The van der Waals surface area contributed by atoms with Crippen LogP contribution in [0.1, 0.15) is 104 Å². The summed E-state index contributed by atoms with van der Waals surface area (Å²) in [4.78, 5) is 60.5. The van der Waals surface area contributed by atoms with Crippen LogP contribution in [0.5, 0.6) is 17.2 Å². The average molecular weight is 905 g/mol. The van der Waals surface area contributed by atoms with E-state index in [1.807, 2.05) is 53.8 Å². The monoisotopic (exact) mass is 904 g/mol. The second kappa shape index (κ2) is 17.2. The summed E-state index contributed by atoms with van der Waals surface area (Å²) >= 11 is 0. The normalized spacial score (nSPS) is 28.8. The number of nitriles is 1. The number of carbonyl (C=O) groups is 4. The number of ketones is 1. The number of aliphatic hydroxyl groups excluding tert-OH is 1. The van der Waals surface area contributed by atoms with Crippen LogP contribution in [-0.4, -0.2) is 107 Å². The summed E-state index contributed by atoms with van der Waals surface area (Å²) in [6.07, 6.45) is 11.3. The van der Waals surface area contributed by atoms with E-state index < -0.39 is 58.5 Å². The van der Waals surface area contributed by atoms with Crippen molar-refractivity contribution < 1.29 is 43.2 Å². The van der Waals surface area contributed by atoms with E-state index in [9.17, 15) is 24.8 Å². The Balaban J connectivity index is 1.39. The Hall–Kier alpha value is -5.69. The van der Waals surface area contributed by atoms with Crippen molar-refractivity contribution in [1.29, 1.82) is 5.26 Å². The molecule has 0 radical (unpaired) electrons. The third-order valence-electron chi connectivity index (χ3n) is 14.6. The molecule has 6 unspecified atom stereocenters. The quantitative estimate of drug-likeness (QED) is 0.0666. The number of aliphatic hydroxyl groups is 1. The van der Waals surface area contributed by atoms with Crippen LogP contribution in [0.2, 0.25) is 0 Å². The maximum Gasteiger partial charge on any atom is 0.320 e. The van der Waals surface area contributed by atoms with Gasteiger partial charge in [0.1, 0.15) is 29.3 Å². The van der Waals surface area contributed by atoms with Crippen LogP contribution < -0.4 is 30.6 Å². The van der Waals surface area contributed by atoms with E-state index in [1.165, 1.54) is 5.57 Å². The number of nitrogens with zero attached hydrogens (tertiary/aromatic N) is 3. The van der Waals surface area contributed by atoms with E-state index in [-0.39, 0.29) is 48.4 Å². The average Bonchev–Trinajstić information content (AvgIpc) is 3.40. The molecule has 1 aromatic carbocycles. The minimum absolute atomic E-state index is 0.0489. The molecule has 352 valence electrons. The van der Waals surface area contributed by atoms with Crippen molar-refractivity contribution in [2.45, 2.75) is 116 Å². The van der Waals surface area contributed by atoms with Crippen LogP contribution in [0.15, 0.2) is 58.0 Å². The SMILES string of the molecule is CC(C)=CCCC1(C)C=Cc2c(c(CC=C(C)C)c3c(c2OC(=O)CC(=O)N2CCN(C)CC2)C2=C4C(C(C#N)=C(N)N2)C2CC5C(C)(C)OC(C/C=C(/C)C(=O)NCCO)(C2=O)C45O3)O1. The van der Waals surface area contributed by atoms with Gasteiger partial charge in [-0.15, -0.1) is 0 Å². The minimum atomic E-state index is -1.69. The molecule has 2 saturated heterocycles. The maximum absolute atomic E-state index is 15.5. The van der Waals surface area contributed by atoms with Gasteiger partial charge >= 0.3 is 5.97 Å². The highest BCUT2D eigenvalue weighted by Gasteiger charge is 2.84. The number of carbonyl (C=O) groups excluding carboxylic acids is 4. The molecule has 5 aliphatic heterocycles. The summed E-state index contributed by atoms with van der Waals surface area (Å²) in [5, 5.41) is 26.3. The lowest BCUT2D eigenvalue weighted by Gasteiger charge is -2.62. The van der Waals surface area contributed by atoms with Gasteiger partial charge in [-0.25, -0.2) is 0 Å². The zero-order chi connectivity index (χ0) is 47.7. The molecule has 5 heterocycles. The zero-order valence-electron chi connectivity index (χ0n) is 39.7. The molecule has 6 atom stereocenters. The van der Waals surface area contributed by atoms with Gasteiger partial charge in [-0.05, 0) is 100 Å². The highest BCUT2D eigenvalue weighted by atomic mass is 16.6. The first-order valence-corrected chi connectivity index (χ1v) is 23.2. The summed E-state index contributed by atoms with van der Waals surface area (Å²) in [7, 11) is 1.99. The van der Waals surface area contributed by atoms with Crippen LogP contribution in [0.4, 0.5) is 0 Å². The van der Waals surface area contributed by atoms with Crippen molar-refractivity contribution in [2.24, 2.45) is 23.5 Å². The Bertz CT molecular complexity index is 2510. The Labute approximate surface area is 387 Å². The van der Waals surface area contributed by atoms with E-state index in [2.05, 4.69) is 47.6 Å². The molecule has 9 rings (SSSR count). The van der Waals surface area contributed by atoms with Crippen LogP contribution in [0, 0.1) is 29.1 Å². The highest BCUT2D eigenvalue weighted by Crippen LogP contribution is 2.73. The molecular weight excluding hydrogens is 841 g/mol. The lowest BCUT2D eigenvalue weighted by molar-refractivity contribution is -0.181. The molecule has 1 spiro atoms. The molecule has 15 nitrogen and oxygen atoms in total. The number of hydrogen-bond acceptors (Lipinski definition) is 13. The van der Waals surface area contributed by atoms with E-state index in [0.717, 1.165) is 12.0 Å². The Morgan fingerprint density at radius 2 is 1.76 bits per heavy atom. The summed E-state index contributed by atoms with van der Waals surface area (Å²) in [6.45, 7) is 17.8. The molecule has 66 heavy (non-hydrogen) atoms. The molecule has 5 fully saturated rings. The number of nitrogens with one attached hydrogen (secondary N) is 2. The third-order valence-corrected chi connectivity index (χ3v) is 14.6. The van der Waals surface area contributed by atoms with Gasteiger partial charge in [0.25, 0.3) is 0 Å². The Morgan fingerprint density at radius 3 is 2.42 bits per heavy atom. The highest BCUT2D eigenvalue weighted by molar-refractivity contribution is 6.03. The number of rotatable bonds is 13. The van der Waals surface area contributed by atoms with Gasteiger partial charge in [-0.2, -0.15) is 5.26 Å². The number of dihydropyridines is 1. The van der Waals surface area contributed by atoms with Gasteiger partial charge < -0.3 is 50.2 Å². The molecule has 1 aromatic rings. The fourth-order valence-electron chi connectivity index (χ4n) is 11.4. The molecule has 8 aliphatic rings.